The van der Waals surface area contributed by atoms with Gasteiger partial charge >= 0.3 is 0 Å². The Kier molecular flexibility index (Phi) is 3.91. The fraction of sp³-hybridized carbons (Fsp3) is 0.952. The third-order valence-electron chi connectivity index (χ3n) is 8.68. The van der Waals surface area contributed by atoms with Crippen LogP contribution in [0.3, 0.4) is 0 Å². The number of hydrogen-bond donors (Lipinski definition) is 0. The molecule has 23 heavy (non-hydrogen) atoms. The molecule has 0 saturated heterocycles. The molecule has 4 aliphatic rings. The number of carbonyl (C=O) groups is 1. The van der Waals surface area contributed by atoms with Gasteiger partial charge in [-0.1, -0.05) is 13.8 Å². The summed E-state index contributed by atoms with van der Waals surface area (Å²) in [5, 5.41) is 0. The third-order valence-corrected chi connectivity index (χ3v) is 8.68. The maximum atomic E-state index is 12.5. The highest BCUT2D eigenvalue weighted by Crippen LogP contribution is 2.65. The zero-order valence-electron chi connectivity index (χ0n) is 15.3. The van der Waals surface area contributed by atoms with Crippen LogP contribution in [0, 0.1) is 34.5 Å². The quantitative estimate of drug-likeness (QED) is 0.716. The van der Waals surface area contributed by atoms with E-state index in [1.165, 1.54) is 44.9 Å². The summed E-state index contributed by atoms with van der Waals surface area (Å²) in [6.45, 7) is 7.86. The molecule has 4 rings (SSSR count). The van der Waals surface area contributed by atoms with Gasteiger partial charge in [0.2, 0.25) is 0 Å². The molecule has 4 saturated carbocycles. The lowest BCUT2D eigenvalue weighted by atomic mass is 9.45. The second-order valence-electron chi connectivity index (χ2n) is 9.43. The number of carbonyl (C=O) groups excluding carboxylic acids is 1. The first kappa shape index (κ1) is 16.1. The molecular weight excluding hydrogens is 284 g/mol. The predicted molar refractivity (Wildman–Crippen MR) is 92.1 cm³/mol. The van der Waals surface area contributed by atoms with Gasteiger partial charge in [-0.05, 0) is 87.4 Å². The van der Waals surface area contributed by atoms with Crippen LogP contribution in [-0.4, -0.2) is 18.5 Å². The molecule has 0 heterocycles. The summed E-state index contributed by atoms with van der Waals surface area (Å²) in [7, 11) is 0. The zero-order valence-corrected chi connectivity index (χ0v) is 15.3. The van der Waals surface area contributed by atoms with Crippen LogP contribution in [0.1, 0.15) is 78.6 Å². The molecule has 0 aromatic carbocycles. The molecule has 2 nitrogen and oxygen atoms in total. The fourth-order valence-electron chi connectivity index (χ4n) is 7.46. The molecule has 0 aromatic rings. The van der Waals surface area contributed by atoms with E-state index >= 15 is 0 Å². The Bertz CT molecular complexity index is 486. The van der Waals surface area contributed by atoms with Crippen LogP contribution < -0.4 is 0 Å². The van der Waals surface area contributed by atoms with E-state index in [9.17, 15) is 4.79 Å². The minimum absolute atomic E-state index is 0.0261. The third kappa shape index (κ3) is 2.27. The van der Waals surface area contributed by atoms with Crippen molar-refractivity contribution in [2.45, 2.75) is 84.7 Å². The van der Waals surface area contributed by atoms with Crippen molar-refractivity contribution in [2.24, 2.45) is 34.5 Å². The molecule has 4 fully saturated rings. The van der Waals surface area contributed by atoms with Gasteiger partial charge in [0.15, 0.2) is 0 Å². The van der Waals surface area contributed by atoms with Crippen molar-refractivity contribution in [1.82, 2.24) is 0 Å². The maximum absolute atomic E-state index is 12.5. The minimum Gasteiger partial charge on any atom is -0.378 e. The molecule has 7 unspecified atom stereocenters. The van der Waals surface area contributed by atoms with Crippen molar-refractivity contribution < 1.29 is 9.53 Å². The monoisotopic (exact) mass is 318 g/mol. The van der Waals surface area contributed by atoms with Crippen molar-refractivity contribution in [1.29, 1.82) is 0 Å². The molecule has 0 N–H and O–H groups in total. The Morgan fingerprint density at radius 2 is 1.83 bits per heavy atom. The highest BCUT2D eigenvalue weighted by atomic mass is 16.5. The van der Waals surface area contributed by atoms with Crippen LogP contribution in [-0.2, 0) is 9.53 Å². The summed E-state index contributed by atoms with van der Waals surface area (Å²) in [6.07, 6.45) is 11.6. The van der Waals surface area contributed by atoms with Gasteiger partial charge in [-0.15, -0.1) is 0 Å². The Balaban J connectivity index is 1.60. The molecule has 0 aliphatic heterocycles. The van der Waals surface area contributed by atoms with Gasteiger partial charge in [0.05, 0.1) is 6.10 Å². The molecule has 4 aliphatic carbocycles. The van der Waals surface area contributed by atoms with Crippen molar-refractivity contribution in [3.63, 3.8) is 0 Å². The second kappa shape index (κ2) is 5.58. The highest BCUT2D eigenvalue weighted by molar-refractivity contribution is 5.87. The number of rotatable bonds is 2. The van der Waals surface area contributed by atoms with Gasteiger partial charge in [0, 0.05) is 18.4 Å². The molecule has 2 heteroatoms. The van der Waals surface area contributed by atoms with E-state index in [1.54, 1.807) is 0 Å². The first-order valence-corrected chi connectivity index (χ1v) is 10.1. The Morgan fingerprint density at radius 1 is 1.04 bits per heavy atom. The molecule has 0 aromatic heterocycles. The van der Waals surface area contributed by atoms with Crippen molar-refractivity contribution in [3.05, 3.63) is 0 Å². The van der Waals surface area contributed by atoms with Crippen LogP contribution in [0.4, 0.5) is 0 Å². The Labute approximate surface area is 141 Å². The summed E-state index contributed by atoms with van der Waals surface area (Å²) in [5.74, 6) is 3.81. The first-order valence-electron chi connectivity index (χ1n) is 10.1. The smallest absolute Gasteiger partial charge is 0.139 e. The SMILES string of the molecule is CCOC1CCC2CCC3C4CCC(=O)C4(C)CCC3C2(C)C1. The topological polar surface area (TPSA) is 26.3 Å². The predicted octanol–water partition coefficient (Wildman–Crippen LogP) is 5.00. The van der Waals surface area contributed by atoms with Crippen LogP contribution >= 0.6 is 0 Å². The Hall–Kier alpha value is -0.370. The van der Waals surface area contributed by atoms with E-state index in [0.717, 1.165) is 37.2 Å². The lowest BCUT2D eigenvalue weighted by molar-refractivity contribution is -0.147. The average Bonchev–Trinajstić information content (AvgIpc) is 2.82. The van der Waals surface area contributed by atoms with E-state index in [2.05, 4.69) is 20.8 Å². The van der Waals surface area contributed by atoms with Crippen LogP contribution in [0.2, 0.25) is 0 Å². The summed E-state index contributed by atoms with van der Waals surface area (Å²) in [5.41, 5.74) is 0.492. The van der Waals surface area contributed by atoms with E-state index in [0.29, 0.717) is 23.2 Å². The van der Waals surface area contributed by atoms with Gasteiger partial charge < -0.3 is 4.74 Å². The lowest BCUT2D eigenvalue weighted by Crippen LogP contribution is -2.54. The van der Waals surface area contributed by atoms with Gasteiger partial charge in [-0.25, -0.2) is 0 Å². The molecular formula is C21H34O2. The first-order chi connectivity index (χ1) is 11.0. The van der Waals surface area contributed by atoms with Crippen LogP contribution in [0.15, 0.2) is 0 Å². The van der Waals surface area contributed by atoms with Crippen LogP contribution in [0.25, 0.3) is 0 Å². The molecule has 0 amide bonds. The van der Waals surface area contributed by atoms with Gasteiger partial charge in [-0.3, -0.25) is 4.79 Å². The summed E-state index contributed by atoms with van der Waals surface area (Å²) < 4.78 is 6.05. The van der Waals surface area contributed by atoms with Crippen molar-refractivity contribution in [2.75, 3.05) is 6.61 Å². The van der Waals surface area contributed by atoms with Gasteiger partial charge in [0.1, 0.15) is 5.78 Å². The van der Waals surface area contributed by atoms with Gasteiger partial charge in [0.25, 0.3) is 0 Å². The number of Topliss-reactive ketones (excluding diaryl/α,β-unsaturated/α-hetero) is 1. The van der Waals surface area contributed by atoms with E-state index in [4.69, 9.17) is 4.74 Å². The van der Waals surface area contributed by atoms with Crippen LogP contribution in [0.5, 0.6) is 0 Å². The molecule has 0 radical (unpaired) electrons. The summed E-state index contributed by atoms with van der Waals surface area (Å²) in [6, 6.07) is 0. The lowest BCUT2D eigenvalue weighted by Gasteiger charge is -2.60. The minimum atomic E-state index is 0.0261. The number of ether oxygens (including phenoxy) is 1. The number of hydrogen-bond acceptors (Lipinski definition) is 2. The molecule has 0 spiro atoms. The second-order valence-corrected chi connectivity index (χ2v) is 9.43. The van der Waals surface area contributed by atoms with E-state index < -0.39 is 0 Å². The number of fused-ring (bicyclic) bond motifs is 5. The van der Waals surface area contributed by atoms with Gasteiger partial charge in [-0.2, -0.15) is 0 Å². The van der Waals surface area contributed by atoms with E-state index in [1.807, 2.05) is 0 Å². The zero-order chi connectivity index (χ0) is 16.2. The largest absolute Gasteiger partial charge is 0.378 e. The summed E-state index contributed by atoms with van der Waals surface area (Å²) in [4.78, 5) is 12.5. The van der Waals surface area contributed by atoms with Crippen molar-refractivity contribution >= 4 is 5.78 Å². The molecule has 130 valence electrons. The summed E-state index contributed by atoms with van der Waals surface area (Å²) >= 11 is 0. The normalized spacial score (nSPS) is 52.7. The number of ketones is 1. The fourth-order valence-corrected chi connectivity index (χ4v) is 7.46. The molecule has 7 atom stereocenters. The average molecular weight is 319 g/mol. The maximum Gasteiger partial charge on any atom is 0.139 e. The highest BCUT2D eigenvalue weighted by Gasteiger charge is 2.60. The van der Waals surface area contributed by atoms with Crippen molar-refractivity contribution in [3.8, 4) is 0 Å². The van der Waals surface area contributed by atoms with E-state index in [-0.39, 0.29) is 5.41 Å². The Morgan fingerprint density at radius 3 is 2.61 bits per heavy atom. The standard InChI is InChI=1S/C21H34O2/c1-4-23-15-7-5-14-6-8-16-17-9-10-19(22)20(17,2)12-11-18(16)21(14,3)13-15/h14-18H,4-13H2,1-3H3. The molecule has 0 bridgehead atoms.